The van der Waals surface area contributed by atoms with Gasteiger partial charge in [0, 0.05) is 37.8 Å². The van der Waals surface area contributed by atoms with Crippen LogP contribution in [-0.2, 0) is 0 Å². The second-order valence-corrected chi connectivity index (χ2v) is 6.03. The molecule has 1 saturated heterocycles. The molecule has 6 heteroatoms. The van der Waals surface area contributed by atoms with Crippen molar-refractivity contribution >= 4 is 22.3 Å². The first kappa shape index (κ1) is 13.8. The second kappa shape index (κ2) is 5.70. The number of aryl methyl sites for hydroxylation is 2. The first-order valence-electron chi connectivity index (χ1n) is 6.97. The monoisotopic (exact) mass is 299 g/mol. The molecule has 0 aliphatic carbocycles. The van der Waals surface area contributed by atoms with Crippen LogP contribution in [0.4, 0.5) is 10.9 Å². The molecular formula is C15H17N5S. The first-order chi connectivity index (χ1) is 10.2. The number of aromatic nitrogens is 2. The molecule has 1 aliphatic rings. The van der Waals surface area contributed by atoms with E-state index in [2.05, 4.69) is 25.8 Å². The van der Waals surface area contributed by atoms with Gasteiger partial charge in [0.1, 0.15) is 11.9 Å². The maximum Gasteiger partial charge on any atom is 0.185 e. The summed E-state index contributed by atoms with van der Waals surface area (Å²) in [5, 5.41) is 12.2. The highest BCUT2D eigenvalue weighted by Gasteiger charge is 2.20. The predicted molar refractivity (Wildman–Crippen MR) is 85.0 cm³/mol. The van der Waals surface area contributed by atoms with Crippen LogP contribution in [0.5, 0.6) is 0 Å². The van der Waals surface area contributed by atoms with E-state index >= 15 is 0 Å². The fourth-order valence-corrected chi connectivity index (χ4v) is 3.34. The number of nitriles is 1. The predicted octanol–water partition coefficient (Wildman–Crippen LogP) is 2.35. The molecule has 0 amide bonds. The number of hydrogen-bond acceptors (Lipinski definition) is 6. The minimum atomic E-state index is 0.695. The summed E-state index contributed by atoms with van der Waals surface area (Å²) in [6.07, 6.45) is 1.85. The minimum Gasteiger partial charge on any atom is -0.353 e. The molecule has 0 N–H and O–H groups in total. The fourth-order valence-electron chi connectivity index (χ4n) is 2.64. The Morgan fingerprint density at radius 2 is 1.90 bits per heavy atom. The molecule has 0 spiro atoms. The van der Waals surface area contributed by atoms with Crippen LogP contribution in [-0.4, -0.2) is 36.1 Å². The van der Waals surface area contributed by atoms with Crippen LogP contribution in [0.15, 0.2) is 17.6 Å². The van der Waals surface area contributed by atoms with Crippen molar-refractivity contribution in [2.24, 2.45) is 0 Å². The zero-order valence-electron chi connectivity index (χ0n) is 12.2. The van der Waals surface area contributed by atoms with E-state index in [-0.39, 0.29) is 0 Å². The van der Waals surface area contributed by atoms with Crippen molar-refractivity contribution in [1.29, 1.82) is 5.26 Å². The summed E-state index contributed by atoms with van der Waals surface area (Å²) in [4.78, 5) is 13.5. The largest absolute Gasteiger partial charge is 0.353 e. The van der Waals surface area contributed by atoms with Crippen molar-refractivity contribution in [3.05, 3.63) is 34.5 Å². The summed E-state index contributed by atoms with van der Waals surface area (Å²) in [5.41, 5.74) is 2.51. The molecule has 2 aromatic heterocycles. The molecule has 2 aromatic rings. The third-order valence-electron chi connectivity index (χ3n) is 3.79. The Hall–Kier alpha value is -2.13. The zero-order chi connectivity index (χ0) is 14.8. The number of hydrogen-bond donors (Lipinski definition) is 0. The van der Waals surface area contributed by atoms with E-state index in [1.54, 1.807) is 11.3 Å². The molecule has 108 valence electrons. The van der Waals surface area contributed by atoms with Gasteiger partial charge in [-0.2, -0.15) is 5.26 Å². The summed E-state index contributed by atoms with van der Waals surface area (Å²) in [7, 11) is 0. The quantitative estimate of drug-likeness (QED) is 0.852. The summed E-state index contributed by atoms with van der Waals surface area (Å²) < 4.78 is 0. The van der Waals surface area contributed by atoms with Gasteiger partial charge in [-0.1, -0.05) is 0 Å². The molecule has 3 heterocycles. The molecule has 21 heavy (non-hydrogen) atoms. The van der Waals surface area contributed by atoms with Crippen LogP contribution < -0.4 is 9.80 Å². The number of anilines is 2. The summed E-state index contributed by atoms with van der Waals surface area (Å²) in [5.74, 6) is 0.975. The van der Waals surface area contributed by atoms with E-state index < -0.39 is 0 Å². The highest BCUT2D eigenvalue weighted by molar-refractivity contribution is 7.13. The molecule has 0 unspecified atom stereocenters. The molecule has 0 atom stereocenters. The lowest BCUT2D eigenvalue weighted by Crippen LogP contribution is -2.46. The van der Waals surface area contributed by atoms with E-state index in [4.69, 9.17) is 5.26 Å². The Bertz CT molecular complexity index is 643. The maximum absolute atomic E-state index is 9.12. The number of thiazole rings is 1. The van der Waals surface area contributed by atoms with Gasteiger partial charge in [0.25, 0.3) is 0 Å². The number of rotatable bonds is 2. The Morgan fingerprint density at radius 1 is 1.19 bits per heavy atom. The van der Waals surface area contributed by atoms with E-state index in [0.717, 1.165) is 48.4 Å². The van der Waals surface area contributed by atoms with Gasteiger partial charge in [0.05, 0.1) is 11.3 Å². The van der Waals surface area contributed by atoms with Crippen molar-refractivity contribution in [2.75, 3.05) is 36.0 Å². The minimum absolute atomic E-state index is 0.695. The summed E-state index contributed by atoms with van der Waals surface area (Å²) in [6, 6.07) is 4.24. The van der Waals surface area contributed by atoms with E-state index in [0.29, 0.717) is 5.56 Å². The molecule has 0 bridgehead atoms. The van der Waals surface area contributed by atoms with Gasteiger partial charge in [-0.25, -0.2) is 9.97 Å². The highest BCUT2D eigenvalue weighted by Crippen LogP contribution is 2.23. The van der Waals surface area contributed by atoms with Crippen molar-refractivity contribution in [2.45, 2.75) is 13.8 Å². The molecule has 0 saturated carbocycles. The summed E-state index contributed by atoms with van der Waals surface area (Å²) in [6.45, 7) is 7.64. The van der Waals surface area contributed by atoms with Gasteiger partial charge in [0.2, 0.25) is 0 Å². The van der Waals surface area contributed by atoms with Crippen molar-refractivity contribution in [3.8, 4) is 6.07 Å². The number of piperazine rings is 1. The van der Waals surface area contributed by atoms with Crippen LogP contribution in [0, 0.1) is 25.2 Å². The van der Waals surface area contributed by atoms with Crippen LogP contribution >= 0.6 is 11.3 Å². The number of pyridine rings is 1. The SMILES string of the molecule is Cc1cc(N2CCN(c3nccs3)CC2)nc(C)c1C#N. The zero-order valence-corrected chi connectivity index (χ0v) is 13.0. The normalized spacial score (nSPS) is 15.1. The molecule has 0 radical (unpaired) electrons. The van der Waals surface area contributed by atoms with E-state index in [9.17, 15) is 0 Å². The topological polar surface area (TPSA) is 56.1 Å². The fraction of sp³-hybridized carbons (Fsp3) is 0.400. The molecule has 0 aromatic carbocycles. The van der Waals surface area contributed by atoms with Crippen LogP contribution in [0.2, 0.25) is 0 Å². The van der Waals surface area contributed by atoms with Gasteiger partial charge < -0.3 is 9.80 Å². The molecular weight excluding hydrogens is 282 g/mol. The van der Waals surface area contributed by atoms with Gasteiger partial charge in [-0.05, 0) is 25.5 Å². The standard InChI is InChI=1S/C15H17N5S/c1-11-9-14(18-12(2)13(11)10-16)19-4-6-20(7-5-19)15-17-3-8-21-15/h3,8-9H,4-7H2,1-2H3. The third-order valence-corrected chi connectivity index (χ3v) is 4.62. The highest BCUT2D eigenvalue weighted by atomic mass is 32.1. The maximum atomic E-state index is 9.12. The second-order valence-electron chi connectivity index (χ2n) is 5.16. The van der Waals surface area contributed by atoms with Crippen LogP contribution in [0.25, 0.3) is 0 Å². The number of nitrogens with zero attached hydrogens (tertiary/aromatic N) is 5. The first-order valence-corrected chi connectivity index (χ1v) is 7.84. The van der Waals surface area contributed by atoms with Crippen LogP contribution in [0.3, 0.4) is 0 Å². The molecule has 1 aliphatic heterocycles. The lowest BCUT2D eigenvalue weighted by atomic mass is 10.1. The van der Waals surface area contributed by atoms with Crippen molar-refractivity contribution < 1.29 is 0 Å². The smallest absolute Gasteiger partial charge is 0.185 e. The molecule has 1 fully saturated rings. The average molecular weight is 299 g/mol. The lowest BCUT2D eigenvalue weighted by molar-refractivity contribution is 0.645. The van der Waals surface area contributed by atoms with E-state index in [1.807, 2.05) is 31.5 Å². The van der Waals surface area contributed by atoms with Crippen LogP contribution in [0.1, 0.15) is 16.8 Å². The van der Waals surface area contributed by atoms with Gasteiger partial charge in [-0.3, -0.25) is 0 Å². The van der Waals surface area contributed by atoms with Gasteiger partial charge in [-0.15, -0.1) is 11.3 Å². The van der Waals surface area contributed by atoms with E-state index in [1.165, 1.54) is 0 Å². The molecule has 5 nitrogen and oxygen atoms in total. The Labute approximate surface area is 128 Å². The third kappa shape index (κ3) is 2.69. The van der Waals surface area contributed by atoms with Gasteiger partial charge >= 0.3 is 0 Å². The van der Waals surface area contributed by atoms with Crippen molar-refractivity contribution in [3.63, 3.8) is 0 Å². The Kier molecular flexibility index (Phi) is 3.76. The Morgan fingerprint density at radius 3 is 2.48 bits per heavy atom. The average Bonchev–Trinajstić information content (AvgIpc) is 3.01. The Balaban J connectivity index is 1.74. The van der Waals surface area contributed by atoms with Gasteiger partial charge in [0.15, 0.2) is 5.13 Å². The molecule has 3 rings (SSSR count). The summed E-state index contributed by atoms with van der Waals surface area (Å²) >= 11 is 1.68. The lowest BCUT2D eigenvalue weighted by Gasteiger charge is -2.35. The van der Waals surface area contributed by atoms with Crippen molar-refractivity contribution in [1.82, 2.24) is 9.97 Å².